The number of benzene rings is 1. The van der Waals surface area contributed by atoms with Gasteiger partial charge in [-0.15, -0.1) is 0 Å². The lowest BCUT2D eigenvalue weighted by Gasteiger charge is -2.19. The van der Waals surface area contributed by atoms with E-state index in [0.29, 0.717) is 11.4 Å². The van der Waals surface area contributed by atoms with Crippen molar-refractivity contribution in [2.24, 2.45) is 0 Å². The maximum absolute atomic E-state index is 9.33. The van der Waals surface area contributed by atoms with Crippen LogP contribution in [0.3, 0.4) is 0 Å². The highest BCUT2D eigenvalue weighted by atomic mass is 16.5. The van der Waals surface area contributed by atoms with Crippen LogP contribution in [0.5, 0.6) is 5.88 Å². The van der Waals surface area contributed by atoms with Gasteiger partial charge in [0.1, 0.15) is 17.7 Å². The predicted octanol–water partition coefficient (Wildman–Crippen LogP) is 3.97. The van der Waals surface area contributed by atoms with Crippen LogP contribution in [0.4, 0.5) is 0 Å². The van der Waals surface area contributed by atoms with Gasteiger partial charge >= 0.3 is 0 Å². The molecule has 1 aliphatic rings. The molecule has 3 heteroatoms. The van der Waals surface area contributed by atoms with E-state index in [1.54, 1.807) is 0 Å². The van der Waals surface area contributed by atoms with Gasteiger partial charge in [-0.3, -0.25) is 0 Å². The van der Waals surface area contributed by atoms with E-state index in [-0.39, 0.29) is 6.10 Å². The summed E-state index contributed by atoms with van der Waals surface area (Å²) in [5.74, 6) is 0.467. The summed E-state index contributed by atoms with van der Waals surface area (Å²) in [5.41, 5.74) is 3.92. The Kier molecular flexibility index (Phi) is 3.87. The van der Waals surface area contributed by atoms with E-state index >= 15 is 0 Å². The van der Waals surface area contributed by atoms with Gasteiger partial charge in [-0.2, -0.15) is 5.26 Å². The smallest absolute Gasteiger partial charge is 0.232 e. The van der Waals surface area contributed by atoms with Gasteiger partial charge in [0.2, 0.25) is 5.88 Å². The van der Waals surface area contributed by atoms with Crippen molar-refractivity contribution >= 4 is 0 Å². The predicted molar refractivity (Wildman–Crippen MR) is 81.1 cm³/mol. The molecule has 1 heterocycles. The zero-order chi connectivity index (χ0) is 14.7. The minimum absolute atomic E-state index is 0.118. The molecule has 1 aliphatic carbocycles. The Bertz CT molecular complexity index is 674. The number of aromatic nitrogens is 1. The van der Waals surface area contributed by atoms with E-state index in [0.717, 1.165) is 24.1 Å². The van der Waals surface area contributed by atoms with Crippen LogP contribution >= 0.6 is 0 Å². The van der Waals surface area contributed by atoms with Gasteiger partial charge in [-0.25, -0.2) is 4.98 Å². The lowest BCUT2D eigenvalue weighted by molar-refractivity contribution is 0.216. The molecular formula is C18H18N2O. The molecule has 0 saturated carbocycles. The molecule has 0 fully saturated rings. The van der Waals surface area contributed by atoms with Crippen molar-refractivity contribution in [3.63, 3.8) is 0 Å². The van der Waals surface area contributed by atoms with E-state index in [1.807, 2.05) is 43.3 Å². The quantitative estimate of drug-likeness (QED) is 0.853. The third-order valence-corrected chi connectivity index (χ3v) is 3.94. The number of hydrogen-bond acceptors (Lipinski definition) is 3. The molecule has 1 unspecified atom stereocenters. The van der Waals surface area contributed by atoms with E-state index in [1.165, 1.54) is 18.4 Å². The first kappa shape index (κ1) is 13.6. The van der Waals surface area contributed by atoms with Crippen LogP contribution in [0, 0.1) is 11.3 Å². The minimum Gasteiger partial charge on any atom is -0.469 e. The van der Waals surface area contributed by atoms with Crippen LogP contribution < -0.4 is 4.74 Å². The molecule has 1 aromatic heterocycles. The number of pyridine rings is 1. The molecule has 0 radical (unpaired) electrons. The van der Waals surface area contributed by atoms with Crippen molar-refractivity contribution < 1.29 is 4.74 Å². The summed E-state index contributed by atoms with van der Waals surface area (Å²) in [5, 5.41) is 9.33. The highest BCUT2D eigenvalue weighted by Gasteiger charge is 2.18. The normalized spacial score (nSPS) is 14.9. The number of rotatable bonds is 3. The fourth-order valence-electron chi connectivity index (χ4n) is 2.74. The van der Waals surface area contributed by atoms with Crippen LogP contribution in [-0.2, 0) is 12.8 Å². The van der Waals surface area contributed by atoms with E-state index in [2.05, 4.69) is 11.1 Å². The molecule has 0 aliphatic heterocycles. The molecule has 3 rings (SSSR count). The van der Waals surface area contributed by atoms with Crippen LogP contribution in [0.25, 0.3) is 0 Å². The highest BCUT2D eigenvalue weighted by Crippen LogP contribution is 2.28. The molecule has 0 N–H and O–H groups in total. The van der Waals surface area contributed by atoms with Gasteiger partial charge in [0.25, 0.3) is 0 Å². The highest BCUT2D eigenvalue weighted by molar-refractivity contribution is 5.43. The standard InChI is InChI=1S/C18H18N2O/c1-13(14-7-3-2-4-8-14)21-18-16(12-19)11-15-9-5-6-10-17(15)20-18/h2-4,7-8,11,13H,5-6,9-10H2,1H3. The van der Waals surface area contributed by atoms with E-state index in [9.17, 15) is 5.26 Å². The third-order valence-electron chi connectivity index (χ3n) is 3.94. The zero-order valence-electron chi connectivity index (χ0n) is 12.2. The first-order valence-electron chi connectivity index (χ1n) is 7.42. The molecule has 3 nitrogen and oxygen atoms in total. The van der Waals surface area contributed by atoms with Gasteiger partial charge < -0.3 is 4.74 Å². The van der Waals surface area contributed by atoms with Gasteiger partial charge in [0.05, 0.1) is 0 Å². The molecule has 2 aromatic rings. The zero-order valence-corrected chi connectivity index (χ0v) is 12.2. The fraction of sp³-hybridized carbons (Fsp3) is 0.333. The Balaban J connectivity index is 1.89. The molecule has 0 amide bonds. The first-order chi connectivity index (χ1) is 10.3. The van der Waals surface area contributed by atoms with Crippen LogP contribution in [0.2, 0.25) is 0 Å². The number of aryl methyl sites for hydroxylation is 2. The fourth-order valence-corrected chi connectivity index (χ4v) is 2.74. The topological polar surface area (TPSA) is 45.9 Å². The largest absolute Gasteiger partial charge is 0.469 e. The number of ether oxygens (including phenoxy) is 1. The number of hydrogen-bond donors (Lipinski definition) is 0. The van der Waals surface area contributed by atoms with Crippen molar-refractivity contribution in [2.75, 3.05) is 0 Å². The number of nitriles is 1. The molecule has 106 valence electrons. The molecule has 0 saturated heterocycles. The summed E-state index contributed by atoms with van der Waals surface area (Å²) in [6.45, 7) is 1.98. The van der Waals surface area contributed by atoms with Gasteiger partial charge in [0.15, 0.2) is 0 Å². The van der Waals surface area contributed by atoms with Crippen molar-refractivity contribution in [1.82, 2.24) is 4.98 Å². The summed E-state index contributed by atoms with van der Waals surface area (Å²) in [6.07, 6.45) is 4.23. The van der Waals surface area contributed by atoms with E-state index in [4.69, 9.17) is 4.74 Å². The van der Waals surface area contributed by atoms with Crippen molar-refractivity contribution in [3.8, 4) is 11.9 Å². The van der Waals surface area contributed by atoms with Gasteiger partial charge in [-0.1, -0.05) is 30.3 Å². The van der Waals surface area contributed by atoms with Crippen LogP contribution in [-0.4, -0.2) is 4.98 Å². The minimum atomic E-state index is -0.118. The maximum atomic E-state index is 9.33. The average Bonchev–Trinajstić information content (AvgIpc) is 2.55. The summed E-state index contributed by atoms with van der Waals surface area (Å²) < 4.78 is 5.95. The average molecular weight is 278 g/mol. The van der Waals surface area contributed by atoms with Crippen molar-refractivity contribution in [3.05, 3.63) is 58.8 Å². The van der Waals surface area contributed by atoms with Crippen LogP contribution in [0.1, 0.15) is 48.3 Å². The second kappa shape index (κ2) is 5.97. The Morgan fingerprint density at radius 2 is 1.95 bits per heavy atom. The Hall–Kier alpha value is -2.34. The number of fused-ring (bicyclic) bond motifs is 1. The monoisotopic (exact) mass is 278 g/mol. The van der Waals surface area contributed by atoms with Crippen molar-refractivity contribution in [2.45, 2.75) is 38.7 Å². The molecule has 0 bridgehead atoms. The van der Waals surface area contributed by atoms with Gasteiger partial charge in [-0.05, 0) is 49.8 Å². The molecule has 1 aromatic carbocycles. The lowest BCUT2D eigenvalue weighted by atomic mass is 9.95. The van der Waals surface area contributed by atoms with Crippen molar-refractivity contribution in [1.29, 1.82) is 5.26 Å². The molecule has 1 atom stereocenters. The van der Waals surface area contributed by atoms with E-state index < -0.39 is 0 Å². The SMILES string of the molecule is CC(Oc1nc2c(cc1C#N)CCCC2)c1ccccc1. The summed E-state index contributed by atoms with van der Waals surface area (Å²) in [6, 6.07) is 14.2. The molecule has 0 spiro atoms. The van der Waals surface area contributed by atoms with Gasteiger partial charge in [0, 0.05) is 5.69 Å². The summed E-state index contributed by atoms with van der Waals surface area (Å²) in [7, 11) is 0. The maximum Gasteiger partial charge on any atom is 0.232 e. The molecule has 21 heavy (non-hydrogen) atoms. The summed E-state index contributed by atoms with van der Waals surface area (Å²) in [4.78, 5) is 4.60. The Morgan fingerprint density at radius 1 is 1.19 bits per heavy atom. The third kappa shape index (κ3) is 2.90. The second-order valence-electron chi connectivity index (χ2n) is 5.44. The summed E-state index contributed by atoms with van der Waals surface area (Å²) >= 11 is 0. The number of nitrogens with zero attached hydrogens (tertiary/aromatic N) is 2. The lowest BCUT2D eigenvalue weighted by Crippen LogP contribution is -2.11. The second-order valence-corrected chi connectivity index (χ2v) is 5.44. The Morgan fingerprint density at radius 3 is 2.71 bits per heavy atom. The first-order valence-corrected chi connectivity index (χ1v) is 7.42. The van der Waals surface area contributed by atoms with Crippen LogP contribution in [0.15, 0.2) is 36.4 Å². The molecular weight excluding hydrogens is 260 g/mol. The Labute approximate surface area is 125 Å².